The van der Waals surface area contributed by atoms with Crippen LogP contribution in [-0.4, -0.2) is 5.50 Å². The predicted molar refractivity (Wildman–Crippen MR) is 50.2 cm³/mol. The van der Waals surface area contributed by atoms with E-state index in [-0.39, 0.29) is 5.50 Å². The van der Waals surface area contributed by atoms with Gasteiger partial charge in [-0.3, -0.25) is 5.84 Å². The summed E-state index contributed by atoms with van der Waals surface area (Å²) in [6, 6.07) is 9.73. The second kappa shape index (κ2) is 4.23. The minimum absolute atomic E-state index is 0.211. The smallest absolute Gasteiger partial charge is 0.135 e. The third-order valence-electron chi connectivity index (χ3n) is 1.24. The number of nitrogens with two attached hydrogens (primary N) is 1. The molecule has 0 fully saturated rings. The molecule has 3 nitrogen and oxygen atoms in total. The Labute approximate surface area is 71.4 Å². The molecule has 0 bridgehead atoms. The van der Waals surface area contributed by atoms with Gasteiger partial charge in [-0.25, -0.2) is 5.43 Å². The van der Waals surface area contributed by atoms with Gasteiger partial charge < -0.3 is 5.32 Å². The van der Waals surface area contributed by atoms with E-state index < -0.39 is 0 Å². The van der Waals surface area contributed by atoms with Gasteiger partial charge in [-0.1, -0.05) is 18.2 Å². The first-order valence-corrected chi connectivity index (χ1v) is 3.80. The molecule has 0 saturated carbocycles. The van der Waals surface area contributed by atoms with Gasteiger partial charge in [0.05, 0.1) is 0 Å². The Balaban J connectivity index is 2.51. The Kier molecular flexibility index (Phi) is 3.22. The van der Waals surface area contributed by atoms with E-state index in [1.54, 1.807) is 0 Å². The molecular weight excluding hydrogens is 158 g/mol. The molecule has 0 aliphatic heterocycles. The molecule has 60 valence electrons. The molecule has 0 aromatic heterocycles. The second-order valence-electron chi connectivity index (χ2n) is 2.08. The third-order valence-corrected chi connectivity index (χ3v) is 1.51. The fourth-order valence-electron chi connectivity index (χ4n) is 0.734. The highest BCUT2D eigenvalue weighted by atomic mass is 32.1. The van der Waals surface area contributed by atoms with Gasteiger partial charge in [-0.15, -0.1) is 12.6 Å². The number of anilines is 1. The van der Waals surface area contributed by atoms with Crippen LogP contribution in [0.3, 0.4) is 0 Å². The zero-order valence-electron chi connectivity index (χ0n) is 5.99. The van der Waals surface area contributed by atoms with Crippen molar-refractivity contribution in [1.29, 1.82) is 0 Å². The first-order chi connectivity index (χ1) is 5.33. The van der Waals surface area contributed by atoms with E-state index in [0.29, 0.717) is 0 Å². The van der Waals surface area contributed by atoms with Crippen molar-refractivity contribution in [3.8, 4) is 0 Å². The highest BCUT2D eigenvalue weighted by Crippen LogP contribution is 2.06. The SMILES string of the molecule is NNC(S)Nc1ccccc1. The Bertz CT molecular complexity index is 202. The van der Waals surface area contributed by atoms with Gasteiger partial charge in [0.25, 0.3) is 0 Å². The first kappa shape index (κ1) is 8.39. The van der Waals surface area contributed by atoms with Crippen LogP contribution >= 0.6 is 12.6 Å². The summed E-state index contributed by atoms with van der Waals surface area (Å²) >= 11 is 4.09. The maximum atomic E-state index is 5.13. The number of nitrogens with one attached hydrogen (secondary N) is 2. The van der Waals surface area contributed by atoms with E-state index in [0.717, 1.165) is 5.69 Å². The Hall–Kier alpha value is -0.710. The molecule has 4 heteroatoms. The molecule has 11 heavy (non-hydrogen) atoms. The molecule has 0 heterocycles. The maximum absolute atomic E-state index is 5.13. The van der Waals surface area contributed by atoms with Crippen LogP contribution in [0.2, 0.25) is 0 Å². The lowest BCUT2D eigenvalue weighted by molar-refractivity contribution is 0.748. The summed E-state index contributed by atoms with van der Waals surface area (Å²) in [7, 11) is 0. The number of hydrazine groups is 1. The quantitative estimate of drug-likeness (QED) is 0.234. The molecule has 0 saturated heterocycles. The molecular formula is C7H11N3S. The summed E-state index contributed by atoms with van der Waals surface area (Å²) in [4.78, 5) is 0. The zero-order valence-corrected chi connectivity index (χ0v) is 6.88. The Morgan fingerprint density at radius 1 is 1.27 bits per heavy atom. The number of rotatable bonds is 3. The number of para-hydroxylation sites is 1. The van der Waals surface area contributed by atoms with Crippen LogP contribution in [0.1, 0.15) is 0 Å². The van der Waals surface area contributed by atoms with Crippen LogP contribution in [0, 0.1) is 0 Å². The van der Waals surface area contributed by atoms with Gasteiger partial charge in [0.1, 0.15) is 5.50 Å². The maximum Gasteiger partial charge on any atom is 0.135 e. The van der Waals surface area contributed by atoms with Gasteiger partial charge >= 0.3 is 0 Å². The molecule has 1 rings (SSSR count). The molecule has 1 atom stereocenters. The zero-order chi connectivity index (χ0) is 8.10. The molecule has 4 N–H and O–H groups in total. The fraction of sp³-hybridized carbons (Fsp3) is 0.143. The molecule has 1 aromatic rings. The standard InChI is InChI=1S/C7H11N3S/c8-10-7(11)9-6-4-2-1-3-5-6/h1-5,7,9-11H,8H2. The minimum Gasteiger partial charge on any atom is -0.361 e. The van der Waals surface area contributed by atoms with Crippen molar-refractivity contribution < 1.29 is 0 Å². The molecule has 1 unspecified atom stereocenters. The summed E-state index contributed by atoms with van der Waals surface area (Å²) in [6.45, 7) is 0. The number of benzene rings is 1. The van der Waals surface area contributed by atoms with Crippen molar-refractivity contribution >= 4 is 18.3 Å². The molecule has 0 spiro atoms. The van der Waals surface area contributed by atoms with Crippen LogP contribution in [0.25, 0.3) is 0 Å². The molecule has 1 aromatic carbocycles. The lowest BCUT2D eigenvalue weighted by Gasteiger charge is -2.11. The summed E-state index contributed by atoms with van der Waals surface area (Å²) in [5.74, 6) is 5.13. The topological polar surface area (TPSA) is 50.1 Å². The third kappa shape index (κ3) is 2.80. The second-order valence-corrected chi connectivity index (χ2v) is 2.60. The Morgan fingerprint density at radius 3 is 2.45 bits per heavy atom. The van der Waals surface area contributed by atoms with E-state index in [1.807, 2.05) is 30.3 Å². The minimum atomic E-state index is -0.211. The van der Waals surface area contributed by atoms with E-state index in [9.17, 15) is 0 Å². The van der Waals surface area contributed by atoms with Gasteiger partial charge in [0, 0.05) is 5.69 Å². The van der Waals surface area contributed by atoms with Crippen molar-refractivity contribution in [2.75, 3.05) is 5.32 Å². The predicted octanol–water partition coefficient (Wildman–Crippen LogP) is 0.775. The van der Waals surface area contributed by atoms with Crippen LogP contribution in [0.15, 0.2) is 30.3 Å². The average Bonchev–Trinajstić information content (AvgIpc) is 2.06. The van der Waals surface area contributed by atoms with E-state index in [2.05, 4.69) is 23.4 Å². The van der Waals surface area contributed by atoms with Crippen molar-refractivity contribution in [1.82, 2.24) is 5.43 Å². The number of hydrogen-bond acceptors (Lipinski definition) is 4. The highest BCUT2D eigenvalue weighted by Gasteiger charge is 1.95. The molecule has 0 amide bonds. The van der Waals surface area contributed by atoms with E-state index in [4.69, 9.17) is 5.84 Å². The summed E-state index contributed by atoms with van der Waals surface area (Å²) < 4.78 is 0. The Morgan fingerprint density at radius 2 is 1.91 bits per heavy atom. The number of thiol groups is 1. The fourth-order valence-corrected chi connectivity index (χ4v) is 0.883. The van der Waals surface area contributed by atoms with Crippen LogP contribution in [-0.2, 0) is 0 Å². The van der Waals surface area contributed by atoms with Crippen LogP contribution in [0.4, 0.5) is 5.69 Å². The van der Waals surface area contributed by atoms with Crippen LogP contribution < -0.4 is 16.6 Å². The molecule has 0 aliphatic carbocycles. The van der Waals surface area contributed by atoms with Gasteiger partial charge in [0.2, 0.25) is 0 Å². The number of hydrogen-bond donors (Lipinski definition) is 4. The lowest BCUT2D eigenvalue weighted by Crippen LogP contribution is -2.36. The largest absolute Gasteiger partial charge is 0.361 e. The summed E-state index contributed by atoms with van der Waals surface area (Å²) in [6.07, 6.45) is 0. The first-order valence-electron chi connectivity index (χ1n) is 3.28. The van der Waals surface area contributed by atoms with Crippen molar-refractivity contribution in [3.05, 3.63) is 30.3 Å². The normalized spacial score (nSPS) is 12.5. The van der Waals surface area contributed by atoms with Gasteiger partial charge in [-0.2, -0.15) is 0 Å². The highest BCUT2D eigenvalue weighted by molar-refractivity contribution is 7.81. The molecule has 0 radical (unpaired) electrons. The van der Waals surface area contributed by atoms with Gasteiger partial charge in [-0.05, 0) is 12.1 Å². The van der Waals surface area contributed by atoms with Gasteiger partial charge in [0.15, 0.2) is 0 Å². The van der Waals surface area contributed by atoms with Crippen molar-refractivity contribution in [3.63, 3.8) is 0 Å². The summed E-state index contributed by atoms with van der Waals surface area (Å²) in [5.41, 5.74) is 3.25. The lowest BCUT2D eigenvalue weighted by atomic mass is 10.3. The summed E-state index contributed by atoms with van der Waals surface area (Å²) in [5, 5.41) is 3.02. The monoisotopic (exact) mass is 169 g/mol. The van der Waals surface area contributed by atoms with Crippen molar-refractivity contribution in [2.24, 2.45) is 5.84 Å². The van der Waals surface area contributed by atoms with Crippen molar-refractivity contribution in [2.45, 2.75) is 5.50 Å². The van der Waals surface area contributed by atoms with E-state index >= 15 is 0 Å². The van der Waals surface area contributed by atoms with Crippen LogP contribution in [0.5, 0.6) is 0 Å². The molecule has 0 aliphatic rings. The van der Waals surface area contributed by atoms with E-state index in [1.165, 1.54) is 0 Å². The average molecular weight is 169 g/mol.